The average Bonchev–Trinajstić information content (AvgIpc) is 3.08. The lowest BCUT2D eigenvalue weighted by Crippen LogP contribution is -2.48. The molecule has 1 saturated heterocycles. The minimum atomic E-state index is -0.0812. The van der Waals surface area contributed by atoms with Crippen LogP contribution in [0.2, 0.25) is 5.02 Å². The molecule has 1 aromatic heterocycles. The highest BCUT2D eigenvalue weighted by Gasteiger charge is 2.30. The third-order valence-corrected chi connectivity index (χ3v) is 4.67. The van der Waals surface area contributed by atoms with Gasteiger partial charge in [-0.2, -0.15) is 0 Å². The van der Waals surface area contributed by atoms with E-state index in [0.29, 0.717) is 29.7 Å². The molecule has 1 atom stereocenters. The Bertz CT molecular complexity index is 730. The Kier molecular flexibility index (Phi) is 5.71. The maximum Gasteiger partial charge on any atom is 0.276 e. The van der Waals surface area contributed by atoms with Crippen molar-refractivity contribution in [2.75, 3.05) is 19.6 Å². The van der Waals surface area contributed by atoms with Crippen LogP contribution in [0.15, 0.2) is 30.5 Å². The van der Waals surface area contributed by atoms with Crippen molar-refractivity contribution in [1.82, 2.24) is 25.2 Å². The fraction of sp³-hybridized carbons (Fsp3) is 0.500. The number of aromatic nitrogens is 3. The molecule has 1 fully saturated rings. The molecule has 3 rings (SSSR count). The Morgan fingerprint density at radius 1 is 1.44 bits per heavy atom. The molecule has 1 aromatic carbocycles. The van der Waals surface area contributed by atoms with E-state index in [9.17, 15) is 4.79 Å². The summed E-state index contributed by atoms with van der Waals surface area (Å²) < 4.78 is 1.75. The number of hydrogen-bond acceptors (Lipinski definition) is 4. The van der Waals surface area contributed by atoms with Crippen LogP contribution in [0.3, 0.4) is 0 Å². The van der Waals surface area contributed by atoms with Crippen LogP contribution in [0.25, 0.3) is 0 Å². The van der Waals surface area contributed by atoms with Crippen molar-refractivity contribution in [1.29, 1.82) is 0 Å². The molecular formula is C18H24ClN5O. The minimum Gasteiger partial charge on any atom is -0.328 e. The Hall–Kier alpha value is -1.92. The molecule has 0 spiro atoms. The van der Waals surface area contributed by atoms with Crippen LogP contribution in [-0.4, -0.2) is 45.4 Å². The van der Waals surface area contributed by atoms with E-state index >= 15 is 0 Å². The number of rotatable bonds is 5. The average molecular weight is 362 g/mol. The number of amides is 1. The van der Waals surface area contributed by atoms with Crippen LogP contribution >= 0.6 is 11.6 Å². The van der Waals surface area contributed by atoms with Gasteiger partial charge in [-0.1, -0.05) is 42.8 Å². The third kappa shape index (κ3) is 4.38. The zero-order valence-electron chi connectivity index (χ0n) is 14.7. The van der Waals surface area contributed by atoms with Crippen LogP contribution in [0.1, 0.15) is 42.4 Å². The molecule has 0 aliphatic carbocycles. The Morgan fingerprint density at radius 3 is 3.04 bits per heavy atom. The van der Waals surface area contributed by atoms with E-state index in [1.807, 2.05) is 29.2 Å². The van der Waals surface area contributed by atoms with Crippen molar-refractivity contribution in [3.63, 3.8) is 0 Å². The molecule has 134 valence electrons. The Labute approximate surface area is 153 Å². The zero-order valence-corrected chi connectivity index (χ0v) is 15.4. The molecule has 0 bridgehead atoms. The van der Waals surface area contributed by atoms with E-state index in [4.69, 9.17) is 11.6 Å². The summed E-state index contributed by atoms with van der Waals surface area (Å²) in [6.07, 6.45) is 2.76. The third-order valence-electron chi connectivity index (χ3n) is 4.43. The normalized spacial score (nSPS) is 17.9. The standard InChI is InChI=1S/C18H24ClN5O/c1-13(2)6-8-23-12-16(21-22-23)18(25)24-9-7-20-11-17(24)14-4-3-5-15(19)10-14/h3-5,10,12-13,17,20H,6-9,11H2,1-2H3. The number of piperazine rings is 1. The minimum absolute atomic E-state index is 0.0548. The number of carbonyl (C=O) groups excluding carboxylic acids is 1. The van der Waals surface area contributed by atoms with Crippen molar-refractivity contribution >= 4 is 17.5 Å². The van der Waals surface area contributed by atoms with Crippen LogP contribution < -0.4 is 5.32 Å². The Balaban J connectivity index is 1.77. The second kappa shape index (κ2) is 7.97. The van der Waals surface area contributed by atoms with Gasteiger partial charge in [0.05, 0.1) is 12.2 Å². The van der Waals surface area contributed by atoms with E-state index in [0.717, 1.165) is 25.1 Å². The molecule has 1 amide bonds. The summed E-state index contributed by atoms with van der Waals surface area (Å²) >= 11 is 6.12. The van der Waals surface area contributed by atoms with E-state index in [1.54, 1.807) is 10.9 Å². The largest absolute Gasteiger partial charge is 0.328 e. The second-order valence-electron chi connectivity index (χ2n) is 6.82. The highest BCUT2D eigenvalue weighted by atomic mass is 35.5. The molecule has 1 N–H and O–H groups in total. The maximum absolute atomic E-state index is 13.0. The Morgan fingerprint density at radius 2 is 2.28 bits per heavy atom. The first-order valence-electron chi connectivity index (χ1n) is 8.72. The van der Waals surface area contributed by atoms with Gasteiger partial charge in [-0.3, -0.25) is 9.48 Å². The van der Waals surface area contributed by atoms with Crippen LogP contribution in [-0.2, 0) is 6.54 Å². The number of aryl methyl sites for hydroxylation is 1. The van der Waals surface area contributed by atoms with Crippen LogP contribution in [0.4, 0.5) is 0 Å². The van der Waals surface area contributed by atoms with Crippen molar-refractivity contribution in [3.05, 3.63) is 46.7 Å². The number of nitrogens with one attached hydrogen (secondary N) is 1. The van der Waals surface area contributed by atoms with Crippen molar-refractivity contribution in [2.24, 2.45) is 5.92 Å². The molecule has 1 aliphatic heterocycles. The van der Waals surface area contributed by atoms with Gasteiger partial charge < -0.3 is 10.2 Å². The fourth-order valence-corrected chi connectivity index (χ4v) is 3.20. The highest BCUT2D eigenvalue weighted by Crippen LogP contribution is 2.25. The summed E-state index contributed by atoms with van der Waals surface area (Å²) in [5, 5.41) is 12.2. The van der Waals surface area contributed by atoms with Gasteiger partial charge in [-0.15, -0.1) is 5.10 Å². The number of nitrogens with zero attached hydrogens (tertiary/aromatic N) is 4. The summed E-state index contributed by atoms with van der Waals surface area (Å²) in [5.41, 5.74) is 1.43. The maximum atomic E-state index is 13.0. The first-order valence-corrected chi connectivity index (χ1v) is 9.09. The van der Waals surface area contributed by atoms with Gasteiger partial charge in [0.1, 0.15) is 0 Å². The number of benzene rings is 1. The predicted molar refractivity (Wildman–Crippen MR) is 97.6 cm³/mol. The summed E-state index contributed by atoms with van der Waals surface area (Å²) in [6, 6.07) is 7.62. The topological polar surface area (TPSA) is 63.1 Å². The molecule has 0 saturated carbocycles. The molecule has 2 heterocycles. The van der Waals surface area contributed by atoms with Gasteiger partial charge >= 0.3 is 0 Å². The van der Waals surface area contributed by atoms with Gasteiger partial charge in [0, 0.05) is 31.2 Å². The first-order chi connectivity index (χ1) is 12.0. The van der Waals surface area contributed by atoms with E-state index in [2.05, 4.69) is 29.5 Å². The van der Waals surface area contributed by atoms with Crippen molar-refractivity contribution in [3.8, 4) is 0 Å². The van der Waals surface area contributed by atoms with Crippen molar-refractivity contribution in [2.45, 2.75) is 32.9 Å². The molecule has 0 radical (unpaired) electrons. The summed E-state index contributed by atoms with van der Waals surface area (Å²) in [4.78, 5) is 14.8. The van der Waals surface area contributed by atoms with Crippen LogP contribution in [0.5, 0.6) is 0 Å². The molecule has 1 aliphatic rings. The zero-order chi connectivity index (χ0) is 17.8. The lowest BCUT2D eigenvalue weighted by molar-refractivity contribution is 0.0628. The second-order valence-corrected chi connectivity index (χ2v) is 7.26. The molecule has 6 nitrogen and oxygen atoms in total. The quantitative estimate of drug-likeness (QED) is 0.889. The van der Waals surface area contributed by atoms with Gasteiger partial charge in [0.15, 0.2) is 5.69 Å². The molecule has 7 heteroatoms. The lowest BCUT2D eigenvalue weighted by atomic mass is 10.0. The lowest BCUT2D eigenvalue weighted by Gasteiger charge is -2.36. The molecule has 2 aromatic rings. The summed E-state index contributed by atoms with van der Waals surface area (Å²) in [5.74, 6) is 0.506. The summed E-state index contributed by atoms with van der Waals surface area (Å²) in [6.45, 7) is 7.21. The SMILES string of the molecule is CC(C)CCn1cc(C(=O)N2CCNCC2c2cccc(Cl)c2)nn1. The number of hydrogen-bond donors (Lipinski definition) is 1. The fourth-order valence-electron chi connectivity index (χ4n) is 3.00. The predicted octanol–water partition coefficient (Wildman–Crippen LogP) is 2.76. The number of halogens is 1. The molecular weight excluding hydrogens is 338 g/mol. The highest BCUT2D eigenvalue weighted by molar-refractivity contribution is 6.30. The smallest absolute Gasteiger partial charge is 0.276 e. The van der Waals surface area contributed by atoms with Gasteiger partial charge in [-0.05, 0) is 30.0 Å². The monoisotopic (exact) mass is 361 g/mol. The number of carbonyl (C=O) groups is 1. The van der Waals surface area contributed by atoms with Crippen LogP contribution in [0, 0.1) is 5.92 Å². The van der Waals surface area contributed by atoms with E-state index in [-0.39, 0.29) is 11.9 Å². The first kappa shape index (κ1) is 17.9. The molecule has 1 unspecified atom stereocenters. The van der Waals surface area contributed by atoms with Gasteiger partial charge in [0.2, 0.25) is 0 Å². The summed E-state index contributed by atoms with van der Waals surface area (Å²) in [7, 11) is 0. The van der Waals surface area contributed by atoms with Crippen molar-refractivity contribution < 1.29 is 4.79 Å². The van der Waals surface area contributed by atoms with Gasteiger partial charge in [0.25, 0.3) is 5.91 Å². The van der Waals surface area contributed by atoms with E-state index in [1.165, 1.54) is 0 Å². The molecule has 25 heavy (non-hydrogen) atoms. The van der Waals surface area contributed by atoms with E-state index < -0.39 is 0 Å². The van der Waals surface area contributed by atoms with Gasteiger partial charge in [-0.25, -0.2) is 0 Å².